The SMILES string of the molecule is Cc1cc(NC(=O)c2ccc(S(=O)(=O)C3CNC3)cc2N2CCC3(CC2)CC3)cc(N2CCC(F)(F)CC2)n1. The van der Waals surface area contributed by atoms with Crippen molar-refractivity contribution in [2.75, 3.05) is 54.4 Å². The number of rotatable bonds is 6. The smallest absolute Gasteiger partial charge is 0.257 e. The fourth-order valence-electron chi connectivity index (χ4n) is 5.86. The van der Waals surface area contributed by atoms with Gasteiger partial charge in [0.2, 0.25) is 0 Å². The number of hydrogen-bond acceptors (Lipinski definition) is 7. The topological polar surface area (TPSA) is 94.6 Å². The van der Waals surface area contributed by atoms with Crippen LogP contribution in [0.1, 0.15) is 54.6 Å². The van der Waals surface area contributed by atoms with Crippen molar-refractivity contribution in [3.63, 3.8) is 0 Å². The Labute approximate surface area is 228 Å². The Bertz CT molecular complexity index is 1370. The number of nitrogens with one attached hydrogen (secondary N) is 2. The van der Waals surface area contributed by atoms with E-state index in [1.54, 1.807) is 31.2 Å². The molecule has 8 nitrogen and oxygen atoms in total. The fourth-order valence-corrected chi connectivity index (χ4v) is 7.45. The van der Waals surface area contributed by atoms with Crippen LogP contribution in [0, 0.1) is 12.3 Å². The summed E-state index contributed by atoms with van der Waals surface area (Å²) in [5, 5.41) is 5.54. The molecule has 11 heteroatoms. The maximum absolute atomic E-state index is 13.7. The minimum absolute atomic E-state index is 0.198. The predicted octanol–water partition coefficient (Wildman–Crippen LogP) is 4.00. The molecule has 3 aliphatic heterocycles. The quantitative estimate of drug-likeness (QED) is 0.553. The molecule has 4 fully saturated rings. The summed E-state index contributed by atoms with van der Waals surface area (Å²) in [6.45, 7) is 4.64. The van der Waals surface area contributed by atoms with E-state index in [4.69, 9.17) is 0 Å². The van der Waals surface area contributed by atoms with Gasteiger partial charge in [-0.1, -0.05) is 0 Å². The van der Waals surface area contributed by atoms with E-state index in [2.05, 4.69) is 20.5 Å². The molecule has 3 saturated heterocycles. The lowest BCUT2D eigenvalue weighted by Gasteiger charge is -2.35. The molecule has 0 bridgehead atoms. The van der Waals surface area contributed by atoms with Crippen LogP contribution in [-0.4, -0.2) is 69.7 Å². The number of aryl methyl sites for hydroxylation is 1. The molecule has 0 atom stereocenters. The van der Waals surface area contributed by atoms with Gasteiger partial charge in [0.1, 0.15) is 5.82 Å². The summed E-state index contributed by atoms with van der Waals surface area (Å²) in [5.41, 5.74) is 2.69. The average molecular weight is 560 g/mol. The standard InChI is InChI=1S/C28H35F2N5O3S/c1-19-14-20(15-25(32-19)35-12-8-28(29,30)9-13-35)33-26(36)23-3-2-21(39(37,38)22-17-31-18-22)16-24(23)34-10-6-27(4-5-27)7-11-34/h2-3,14-16,22,31H,4-13,17-18H2,1H3,(H,32,33,36). The van der Waals surface area contributed by atoms with Gasteiger partial charge in [0, 0.05) is 69.6 Å². The second kappa shape index (κ2) is 9.69. The van der Waals surface area contributed by atoms with Crippen molar-refractivity contribution in [2.24, 2.45) is 5.41 Å². The Morgan fingerprint density at radius 3 is 2.26 bits per heavy atom. The normalized spacial score (nSPS) is 22.4. The van der Waals surface area contributed by atoms with Gasteiger partial charge >= 0.3 is 0 Å². The number of carbonyl (C=O) groups is 1. The maximum atomic E-state index is 13.7. The van der Waals surface area contributed by atoms with E-state index in [1.165, 1.54) is 18.9 Å². The molecular weight excluding hydrogens is 524 g/mol. The van der Waals surface area contributed by atoms with Crippen LogP contribution in [0.2, 0.25) is 0 Å². The molecule has 1 aliphatic carbocycles. The number of alkyl halides is 2. The number of amides is 1. The van der Waals surface area contributed by atoms with Crippen LogP contribution in [0.5, 0.6) is 0 Å². The molecule has 0 unspecified atom stereocenters. The summed E-state index contributed by atoms with van der Waals surface area (Å²) >= 11 is 0. The number of nitrogens with zero attached hydrogens (tertiary/aromatic N) is 3. The minimum Gasteiger partial charge on any atom is -0.371 e. The summed E-state index contributed by atoms with van der Waals surface area (Å²) in [6, 6.07) is 8.29. The van der Waals surface area contributed by atoms with Crippen LogP contribution in [-0.2, 0) is 9.84 Å². The number of hydrogen-bond donors (Lipinski definition) is 2. The Hall–Kier alpha value is -2.79. The first-order valence-electron chi connectivity index (χ1n) is 13.8. The van der Waals surface area contributed by atoms with Gasteiger partial charge in [-0.2, -0.15) is 0 Å². The van der Waals surface area contributed by atoms with Gasteiger partial charge in [0.05, 0.1) is 21.4 Å². The zero-order valence-corrected chi connectivity index (χ0v) is 23.0. The minimum atomic E-state index is -3.50. The molecule has 1 saturated carbocycles. The average Bonchev–Trinajstić information content (AvgIpc) is 3.61. The third-order valence-electron chi connectivity index (χ3n) is 8.86. The van der Waals surface area contributed by atoms with E-state index < -0.39 is 21.0 Å². The molecule has 210 valence electrons. The molecule has 4 heterocycles. The van der Waals surface area contributed by atoms with E-state index in [-0.39, 0.29) is 36.7 Å². The Balaban J connectivity index is 1.27. The highest BCUT2D eigenvalue weighted by molar-refractivity contribution is 7.92. The molecule has 39 heavy (non-hydrogen) atoms. The second-order valence-electron chi connectivity index (χ2n) is 11.6. The summed E-state index contributed by atoms with van der Waals surface area (Å²) < 4.78 is 53.7. The van der Waals surface area contributed by atoms with Gasteiger partial charge in [-0.05, 0) is 62.3 Å². The van der Waals surface area contributed by atoms with Crippen molar-refractivity contribution < 1.29 is 22.0 Å². The van der Waals surface area contributed by atoms with Crippen LogP contribution in [0.15, 0.2) is 35.2 Å². The van der Waals surface area contributed by atoms with E-state index in [0.29, 0.717) is 47.0 Å². The zero-order valence-electron chi connectivity index (χ0n) is 22.2. The van der Waals surface area contributed by atoms with Gasteiger partial charge < -0.3 is 20.4 Å². The number of anilines is 3. The lowest BCUT2D eigenvalue weighted by molar-refractivity contribution is -0.0221. The first kappa shape index (κ1) is 26.4. The highest BCUT2D eigenvalue weighted by Gasteiger charge is 2.45. The van der Waals surface area contributed by atoms with Gasteiger partial charge in [0.15, 0.2) is 9.84 Å². The van der Waals surface area contributed by atoms with Crippen LogP contribution in [0.3, 0.4) is 0 Å². The molecule has 1 aromatic heterocycles. The lowest BCUT2D eigenvalue weighted by Crippen LogP contribution is -2.51. The van der Waals surface area contributed by atoms with E-state index in [9.17, 15) is 22.0 Å². The summed E-state index contributed by atoms with van der Waals surface area (Å²) in [4.78, 5) is 22.4. The Morgan fingerprint density at radius 2 is 1.64 bits per heavy atom. The summed E-state index contributed by atoms with van der Waals surface area (Å²) in [6.07, 6.45) is 4.12. The van der Waals surface area contributed by atoms with Gasteiger partial charge in [-0.15, -0.1) is 0 Å². The zero-order chi connectivity index (χ0) is 27.4. The van der Waals surface area contributed by atoms with Crippen molar-refractivity contribution >= 4 is 32.9 Å². The summed E-state index contributed by atoms with van der Waals surface area (Å²) in [7, 11) is -3.50. The number of aromatic nitrogens is 1. The van der Waals surface area contributed by atoms with Crippen LogP contribution < -0.4 is 20.4 Å². The number of pyridine rings is 1. The van der Waals surface area contributed by atoms with Gasteiger partial charge in [0.25, 0.3) is 11.8 Å². The molecule has 1 amide bonds. The first-order chi connectivity index (χ1) is 18.5. The fraction of sp³-hybridized carbons (Fsp3) is 0.571. The molecule has 2 aromatic rings. The molecule has 0 radical (unpaired) electrons. The van der Waals surface area contributed by atoms with Crippen LogP contribution in [0.4, 0.5) is 26.0 Å². The van der Waals surface area contributed by atoms with Crippen molar-refractivity contribution in [2.45, 2.75) is 61.5 Å². The molecular formula is C28H35F2N5O3S. The van der Waals surface area contributed by atoms with Crippen LogP contribution >= 0.6 is 0 Å². The number of halogens is 2. The lowest BCUT2D eigenvalue weighted by atomic mass is 9.93. The van der Waals surface area contributed by atoms with Crippen molar-refractivity contribution in [3.8, 4) is 0 Å². The van der Waals surface area contributed by atoms with E-state index >= 15 is 0 Å². The Morgan fingerprint density at radius 1 is 0.974 bits per heavy atom. The van der Waals surface area contributed by atoms with E-state index in [0.717, 1.165) is 25.9 Å². The first-order valence-corrected chi connectivity index (χ1v) is 15.3. The van der Waals surface area contributed by atoms with Crippen molar-refractivity contribution in [1.29, 1.82) is 0 Å². The molecule has 2 N–H and O–H groups in total. The third-order valence-corrected chi connectivity index (χ3v) is 11.0. The summed E-state index contributed by atoms with van der Waals surface area (Å²) in [5.74, 6) is -2.44. The highest BCUT2D eigenvalue weighted by Crippen LogP contribution is 2.54. The predicted molar refractivity (Wildman–Crippen MR) is 147 cm³/mol. The molecule has 4 aliphatic rings. The number of benzene rings is 1. The van der Waals surface area contributed by atoms with Crippen molar-refractivity contribution in [1.82, 2.24) is 10.3 Å². The monoisotopic (exact) mass is 559 g/mol. The second-order valence-corrected chi connectivity index (χ2v) is 13.9. The highest BCUT2D eigenvalue weighted by atomic mass is 32.2. The van der Waals surface area contributed by atoms with Crippen LogP contribution in [0.25, 0.3) is 0 Å². The van der Waals surface area contributed by atoms with Gasteiger partial charge in [-0.3, -0.25) is 4.79 Å². The van der Waals surface area contributed by atoms with Gasteiger partial charge in [-0.25, -0.2) is 22.2 Å². The molecule has 1 spiro atoms. The number of sulfone groups is 1. The maximum Gasteiger partial charge on any atom is 0.257 e. The largest absolute Gasteiger partial charge is 0.371 e. The number of carbonyl (C=O) groups excluding carboxylic acids is 1. The third kappa shape index (κ3) is 5.35. The molecule has 6 rings (SSSR count). The van der Waals surface area contributed by atoms with Crippen molar-refractivity contribution in [3.05, 3.63) is 41.6 Å². The van der Waals surface area contributed by atoms with E-state index in [1.807, 2.05) is 4.90 Å². The Kier molecular flexibility index (Phi) is 6.57. The number of piperidine rings is 2. The molecule has 1 aromatic carbocycles.